The van der Waals surface area contributed by atoms with E-state index in [-0.39, 0.29) is 62.1 Å². The van der Waals surface area contributed by atoms with Crippen molar-refractivity contribution in [3.05, 3.63) is 66.5 Å². The molecular weight excluding hydrogens is 616 g/mol. The first-order chi connectivity index (χ1) is 22.6. The smallest absolute Gasteiger partial charge is 0.408 e. The number of nitrogens with one attached hydrogen (secondary N) is 1. The number of aliphatic hydroxyl groups excluding tert-OH is 2. The number of hydrogen-bond acceptors (Lipinski definition) is 10. The fraction of sp³-hybridized carbons (Fsp3) is 0.649. The zero-order chi connectivity index (χ0) is 36.0. The molecule has 11 nitrogen and oxygen atoms in total. The molecule has 270 valence electrons. The first-order valence-corrected chi connectivity index (χ1v) is 16.9. The first kappa shape index (κ1) is 41.1. The van der Waals surface area contributed by atoms with E-state index in [0.29, 0.717) is 5.92 Å². The van der Waals surface area contributed by atoms with Gasteiger partial charge in [0.15, 0.2) is 6.10 Å². The molecule has 2 aliphatic rings. The lowest BCUT2D eigenvalue weighted by atomic mass is 9.89. The van der Waals surface area contributed by atoms with E-state index in [1.165, 1.54) is 6.92 Å². The number of nitrogens with zero attached hydrogens (tertiary/aromatic N) is 1. The van der Waals surface area contributed by atoms with Gasteiger partial charge >= 0.3 is 12.1 Å². The minimum atomic E-state index is -1.46. The van der Waals surface area contributed by atoms with Crippen LogP contribution >= 0.6 is 0 Å². The fourth-order valence-electron chi connectivity index (χ4n) is 5.74. The molecule has 0 spiro atoms. The van der Waals surface area contributed by atoms with E-state index in [1.807, 2.05) is 33.8 Å². The van der Waals surface area contributed by atoms with E-state index in [2.05, 4.69) is 30.7 Å². The number of alkyl carbamates (subject to hydrolysis) is 1. The van der Waals surface area contributed by atoms with Gasteiger partial charge in [0, 0.05) is 37.9 Å². The number of ether oxygens (including phenoxy) is 4. The number of pyridine rings is 1. The summed E-state index contributed by atoms with van der Waals surface area (Å²) in [6, 6.07) is 3.59. The maximum atomic E-state index is 12.5. The van der Waals surface area contributed by atoms with Crippen molar-refractivity contribution in [2.45, 2.75) is 129 Å². The molecule has 0 saturated carbocycles. The Hall–Kier alpha value is -3.09. The Morgan fingerprint density at radius 3 is 2.56 bits per heavy atom. The monoisotopic (exact) mass is 674 g/mol. The quantitative estimate of drug-likeness (QED) is 0.108. The van der Waals surface area contributed by atoms with Crippen molar-refractivity contribution in [1.29, 1.82) is 0 Å². The summed E-state index contributed by atoms with van der Waals surface area (Å²) in [4.78, 5) is 28.8. The maximum absolute atomic E-state index is 12.5. The lowest BCUT2D eigenvalue weighted by Crippen LogP contribution is -2.44. The average Bonchev–Trinajstić information content (AvgIpc) is 3.85. The summed E-state index contributed by atoms with van der Waals surface area (Å²) in [5, 5.41) is 33.8. The van der Waals surface area contributed by atoms with Crippen molar-refractivity contribution in [2.75, 3.05) is 7.11 Å². The van der Waals surface area contributed by atoms with Crippen molar-refractivity contribution in [3.63, 3.8) is 0 Å². The van der Waals surface area contributed by atoms with E-state index >= 15 is 0 Å². The van der Waals surface area contributed by atoms with E-state index in [9.17, 15) is 24.9 Å². The molecule has 0 aromatic carbocycles. The van der Waals surface area contributed by atoms with Crippen molar-refractivity contribution in [1.82, 2.24) is 10.3 Å². The van der Waals surface area contributed by atoms with Gasteiger partial charge in [-0.15, -0.1) is 0 Å². The summed E-state index contributed by atoms with van der Waals surface area (Å²) in [6.07, 6.45) is 7.84. The third-order valence-corrected chi connectivity index (χ3v) is 8.94. The van der Waals surface area contributed by atoms with Gasteiger partial charge in [-0.05, 0) is 62.3 Å². The third kappa shape index (κ3) is 13.1. The summed E-state index contributed by atoms with van der Waals surface area (Å²) in [5.41, 5.74) is 0.120. The lowest BCUT2D eigenvalue weighted by Gasteiger charge is -2.32. The molecule has 10 unspecified atom stereocenters. The van der Waals surface area contributed by atoms with E-state index in [0.717, 1.165) is 17.6 Å². The van der Waals surface area contributed by atoms with Crippen molar-refractivity contribution in [3.8, 4) is 0 Å². The fourth-order valence-corrected chi connectivity index (χ4v) is 5.74. The molecular formula is C37H58N2O9. The number of epoxide rings is 1. The molecule has 1 fully saturated rings. The maximum Gasteiger partial charge on any atom is 0.408 e. The van der Waals surface area contributed by atoms with Gasteiger partial charge < -0.3 is 39.6 Å². The molecule has 10 atom stereocenters. The van der Waals surface area contributed by atoms with Gasteiger partial charge in [-0.2, -0.15) is 0 Å². The second-order valence-electron chi connectivity index (χ2n) is 13.4. The molecule has 3 heterocycles. The van der Waals surface area contributed by atoms with E-state index < -0.39 is 36.0 Å². The molecule has 1 amide bonds. The lowest BCUT2D eigenvalue weighted by molar-refractivity contribution is -0.151. The summed E-state index contributed by atoms with van der Waals surface area (Å²) in [6.45, 7) is 17.4. The molecule has 4 N–H and O–H groups in total. The highest BCUT2D eigenvalue weighted by Crippen LogP contribution is 2.37. The van der Waals surface area contributed by atoms with Crippen LogP contribution in [-0.4, -0.2) is 87.8 Å². The zero-order valence-electron chi connectivity index (χ0n) is 29.9. The minimum absolute atomic E-state index is 0.0178. The zero-order valence-corrected chi connectivity index (χ0v) is 29.9. The number of amides is 1. The minimum Gasteiger partial charge on any atom is -0.457 e. The Kier molecular flexibility index (Phi) is 16.9. The van der Waals surface area contributed by atoms with E-state index in [4.69, 9.17) is 18.9 Å². The average molecular weight is 675 g/mol. The highest BCUT2D eigenvalue weighted by atomic mass is 16.6. The molecule has 1 aromatic rings. The Balaban J connectivity index is 0.000000444. The van der Waals surface area contributed by atoms with Gasteiger partial charge in [0.25, 0.3) is 0 Å². The van der Waals surface area contributed by atoms with Crippen LogP contribution in [0, 0.1) is 17.8 Å². The number of carbonyl (C=O) groups excluding carboxylic acids is 2. The molecule has 0 bridgehead atoms. The van der Waals surface area contributed by atoms with Crippen molar-refractivity contribution < 1.29 is 43.9 Å². The Labute approximate surface area is 286 Å². The SMILES string of the molecule is C=C/C=C(\C)C1OC(=O)CC(O)CCC(C)(O)C(OC(=O)NCc2cccnc2)/C=C/C1C.CCC(OC)C(C)C1OC1C(O)C(C)C. The Bertz CT molecular complexity index is 1200. The summed E-state index contributed by atoms with van der Waals surface area (Å²) >= 11 is 0. The molecule has 1 saturated heterocycles. The first-order valence-electron chi connectivity index (χ1n) is 16.9. The number of rotatable bonds is 11. The molecule has 2 aliphatic heterocycles. The number of methoxy groups -OCH3 is 1. The van der Waals surface area contributed by atoms with Crippen LogP contribution in [0.5, 0.6) is 0 Å². The van der Waals surface area contributed by atoms with Gasteiger partial charge in [0.1, 0.15) is 17.8 Å². The predicted molar refractivity (Wildman–Crippen MR) is 184 cm³/mol. The van der Waals surface area contributed by atoms with Crippen LogP contribution in [0.3, 0.4) is 0 Å². The van der Waals surface area contributed by atoms with Crippen LogP contribution in [0.4, 0.5) is 4.79 Å². The van der Waals surface area contributed by atoms with Gasteiger partial charge in [0.2, 0.25) is 0 Å². The number of cyclic esters (lactones) is 1. The van der Waals surface area contributed by atoms with Crippen molar-refractivity contribution >= 4 is 12.1 Å². The van der Waals surface area contributed by atoms with Crippen LogP contribution in [0.15, 0.2) is 61.0 Å². The number of carbonyl (C=O) groups is 2. The Morgan fingerprint density at radius 1 is 1.27 bits per heavy atom. The standard InChI is InChI=1S/C25H34N2O6.C12H24O3/c1-5-7-17(2)23-18(3)9-10-21(25(4,31)12-11-20(28)14-22(29)33-23)32-24(30)27-16-19-8-6-13-26-15-19;1-6-9(14-5)8(4)11-12(15-11)10(13)7(2)3/h5-10,13,15,18,20-21,23,28,31H,1,11-12,14,16H2,2-4H3,(H,27,30);7-13H,6H2,1-5H3/b10-9+,17-7+;. The van der Waals surface area contributed by atoms with Crippen LogP contribution in [0.25, 0.3) is 0 Å². The molecule has 1 aromatic heterocycles. The second kappa shape index (κ2) is 19.8. The van der Waals surface area contributed by atoms with Gasteiger partial charge in [0.05, 0.1) is 30.8 Å². The highest BCUT2D eigenvalue weighted by Gasteiger charge is 2.50. The number of aromatic nitrogens is 1. The molecule has 0 aliphatic carbocycles. The van der Waals surface area contributed by atoms with Gasteiger partial charge in [-0.3, -0.25) is 9.78 Å². The number of allylic oxidation sites excluding steroid dienone is 2. The Morgan fingerprint density at radius 2 is 1.98 bits per heavy atom. The third-order valence-electron chi connectivity index (χ3n) is 8.94. The highest BCUT2D eigenvalue weighted by molar-refractivity contribution is 5.70. The number of aliphatic hydroxyl groups is 3. The summed E-state index contributed by atoms with van der Waals surface area (Å²) in [5.74, 6) is -0.192. The summed E-state index contributed by atoms with van der Waals surface area (Å²) in [7, 11) is 1.74. The largest absolute Gasteiger partial charge is 0.457 e. The normalized spacial score (nSPS) is 30.6. The molecule has 11 heteroatoms. The topological polar surface area (TPSA) is 160 Å². The van der Waals surface area contributed by atoms with Crippen molar-refractivity contribution in [2.24, 2.45) is 17.8 Å². The molecule has 3 rings (SSSR count). The van der Waals surface area contributed by atoms with Crippen LogP contribution in [0.1, 0.15) is 79.7 Å². The van der Waals surface area contributed by atoms with Crippen LogP contribution in [0.2, 0.25) is 0 Å². The second-order valence-corrected chi connectivity index (χ2v) is 13.4. The van der Waals surface area contributed by atoms with Gasteiger partial charge in [-0.25, -0.2) is 4.79 Å². The predicted octanol–water partition coefficient (Wildman–Crippen LogP) is 5.04. The van der Waals surface area contributed by atoms with Gasteiger partial charge in [-0.1, -0.05) is 65.5 Å². The molecule has 0 radical (unpaired) electrons. The number of hydrogen-bond donors (Lipinski definition) is 4. The van der Waals surface area contributed by atoms with E-state index in [1.54, 1.807) is 49.9 Å². The van der Waals surface area contributed by atoms with Crippen LogP contribution < -0.4 is 5.32 Å². The molecule has 48 heavy (non-hydrogen) atoms. The number of esters is 1. The van der Waals surface area contributed by atoms with Crippen LogP contribution in [-0.2, 0) is 30.3 Å². The summed E-state index contributed by atoms with van der Waals surface area (Å²) < 4.78 is 22.1.